The molecule has 0 atom stereocenters. The Kier molecular flexibility index (Phi) is 7.76. The molecule has 24 heavy (non-hydrogen) atoms. The Bertz CT molecular complexity index is 647. The van der Waals surface area contributed by atoms with Gasteiger partial charge in [0.25, 0.3) is 5.91 Å². The molecule has 0 unspecified atom stereocenters. The minimum absolute atomic E-state index is 0.00267. The van der Waals surface area contributed by atoms with Crippen LogP contribution >= 0.6 is 11.8 Å². The van der Waals surface area contributed by atoms with Gasteiger partial charge < -0.3 is 15.2 Å². The number of nitrogens with one attached hydrogen (secondary N) is 1. The first-order chi connectivity index (χ1) is 11.3. The van der Waals surface area contributed by atoms with Gasteiger partial charge in [0.2, 0.25) is 0 Å². The second kappa shape index (κ2) is 9.56. The fourth-order valence-electron chi connectivity index (χ4n) is 1.72. The van der Waals surface area contributed by atoms with Gasteiger partial charge in [-0.25, -0.2) is 4.79 Å². The zero-order chi connectivity index (χ0) is 18.1. The number of methoxy groups -OCH3 is 1. The van der Waals surface area contributed by atoms with Crippen molar-refractivity contribution >= 4 is 35.5 Å². The number of thioether (sulfide) groups is 1. The minimum Gasteiger partial charge on any atom is -0.496 e. The molecule has 3 N–H and O–H groups in total. The van der Waals surface area contributed by atoms with Crippen molar-refractivity contribution in [2.45, 2.75) is 12.7 Å². The number of carbonyl (C=O) groups is 4. The smallest absolute Gasteiger partial charge is 0.318 e. The van der Waals surface area contributed by atoms with E-state index < -0.39 is 24.5 Å². The quantitative estimate of drug-likeness (QED) is 0.524. The highest BCUT2D eigenvalue weighted by molar-refractivity contribution is 7.99. The molecule has 0 radical (unpaired) electrons. The number of imide groups is 1. The summed E-state index contributed by atoms with van der Waals surface area (Å²) in [6.07, 6.45) is 0. The van der Waals surface area contributed by atoms with Gasteiger partial charge in [0.05, 0.1) is 12.9 Å². The Hall–Kier alpha value is -2.55. The van der Waals surface area contributed by atoms with Gasteiger partial charge in [-0.05, 0) is 25.1 Å². The van der Waals surface area contributed by atoms with Gasteiger partial charge in [-0.2, -0.15) is 0 Å². The summed E-state index contributed by atoms with van der Waals surface area (Å²) in [6, 6.07) is 4.06. The van der Waals surface area contributed by atoms with E-state index in [0.717, 1.165) is 5.56 Å². The normalized spacial score (nSPS) is 9.92. The first kappa shape index (κ1) is 19.5. The lowest BCUT2D eigenvalue weighted by atomic mass is 10.1. The molecule has 0 saturated heterocycles. The molecular formula is C15H18N2O6S. The van der Waals surface area contributed by atoms with Crippen LogP contribution in [0.15, 0.2) is 18.2 Å². The van der Waals surface area contributed by atoms with Crippen LogP contribution in [-0.4, -0.2) is 43.2 Å². The van der Waals surface area contributed by atoms with E-state index in [9.17, 15) is 19.2 Å². The molecule has 8 nitrogen and oxygen atoms in total. The third-order valence-electron chi connectivity index (χ3n) is 2.79. The van der Waals surface area contributed by atoms with Gasteiger partial charge in [-0.15, -0.1) is 11.8 Å². The Balaban J connectivity index is 2.47. The highest BCUT2D eigenvalue weighted by atomic mass is 32.2. The highest BCUT2D eigenvalue weighted by Gasteiger charge is 2.11. The van der Waals surface area contributed by atoms with Crippen molar-refractivity contribution < 1.29 is 28.7 Å². The maximum Gasteiger partial charge on any atom is 0.318 e. The van der Waals surface area contributed by atoms with E-state index >= 15 is 0 Å². The first-order valence-electron chi connectivity index (χ1n) is 6.84. The number of Topliss-reactive ketones (excluding diaryl/α,β-unsaturated/α-hetero) is 1. The minimum atomic E-state index is -1.01. The summed E-state index contributed by atoms with van der Waals surface area (Å²) in [5.41, 5.74) is 6.08. The van der Waals surface area contributed by atoms with Gasteiger partial charge in [0.15, 0.2) is 12.4 Å². The average molecular weight is 354 g/mol. The highest BCUT2D eigenvalue weighted by Crippen LogP contribution is 2.24. The number of hydrogen-bond acceptors (Lipinski definition) is 7. The third-order valence-corrected chi connectivity index (χ3v) is 3.75. The van der Waals surface area contributed by atoms with Crippen LogP contribution in [0.5, 0.6) is 5.75 Å². The fourth-order valence-corrected chi connectivity index (χ4v) is 2.51. The Morgan fingerprint density at radius 2 is 1.96 bits per heavy atom. The number of ether oxygens (including phenoxy) is 2. The van der Waals surface area contributed by atoms with Crippen molar-refractivity contribution in [3.8, 4) is 5.75 Å². The predicted molar refractivity (Wildman–Crippen MR) is 87.8 cm³/mol. The molecule has 9 heteroatoms. The van der Waals surface area contributed by atoms with E-state index in [-0.39, 0.29) is 11.5 Å². The molecule has 130 valence electrons. The van der Waals surface area contributed by atoms with E-state index in [4.69, 9.17) is 15.2 Å². The van der Waals surface area contributed by atoms with E-state index in [1.54, 1.807) is 23.5 Å². The number of esters is 1. The lowest BCUT2D eigenvalue weighted by molar-refractivity contribution is -0.145. The molecule has 1 aromatic carbocycles. The Morgan fingerprint density at radius 1 is 1.25 bits per heavy atom. The van der Waals surface area contributed by atoms with Gasteiger partial charge in [0, 0.05) is 16.9 Å². The Labute approximate surface area is 143 Å². The number of amides is 3. The monoisotopic (exact) mass is 354 g/mol. The van der Waals surface area contributed by atoms with E-state index in [1.165, 1.54) is 25.8 Å². The largest absolute Gasteiger partial charge is 0.496 e. The lowest BCUT2D eigenvalue weighted by Gasteiger charge is -2.09. The molecule has 0 saturated carbocycles. The number of rotatable bonds is 8. The molecule has 0 aromatic heterocycles. The summed E-state index contributed by atoms with van der Waals surface area (Å²) in [7, 11) is 1.52. The van der Waals surface area contributed by atoms with Crippen molar-refractivity contribution in [2.24, 2.45) is 5.73 Å². The van der Waals surface area contributed by atoms with E-state index in [2.05, 4.69) is 0 Å². The van der Waals surface area contributed by atoms with E-state index in [1.807, 2.05) is 0 Å². The van der Waals surface area contributed by atoms with Crippen molar-refractivity contribution in [1.82, 2.24) is 5.32 Å². The van der Waals surface area contributed by atoms with Gasteiger partial charge in [-0.1, -0.05) is 0 Å². The molecule has 1 aromatic rings. The SMILES string of the molecule is COc1ccc(C(C)=O)cc1CSCC(=O)OCC(=O)NC(N)=O. The van der Waals surface area contributed by atoms with Crippen LogP contribution in [0.3, 0.4) is 0 Å². The topological polar surface area (TPSA) is 125 Å². The third kappa shape index (κ3) is 6.69. The zero-order valence-electron chi connectivity index (χ0n) is 13.3. The molecule has 0 aliphatic rings. The number of primary amides is 1. The van der Waals surface area contributed by atoms with Crippen molar-refractivity contribution in [3.05, 3.63) is 29.3 Å². The molecular weight excluding hydrogens is 336 g/mol. The van der Waals surface area contributed by atoms with Crippen molar-refractivity contribution in [2.75, 3.05) is 19.5 Å². The maximum absolute atomic E-state index is 11.5. The molecule has 1 rings (SSSR count). The molecule has 0 fully saturated rings. The lowest BCUT2D eigenvalue weighted by Crippen LogP contribution is -2.37. The standard InChI is InChI=1S/C15H18N2O6S/c1-9(18)10-3-4-12(22-2)11(5-10)7-24-8-14(20)23-6-13(19)17-15(16)21/h3-5H,6-8H2,1-2H3,(H3,16,17,19,21). The van der Waals surface area contributed by atoms with Crippen LogP contribution in [-0.2, 0) is 20.1 Å². The maximum atomic E-state index is 11.5. The molecule has 0 spiro atoms. The van der Waals surface area contributed by atoms with E-state index in [0.29, 0.717) is 17.1 Å². The van der Waals surface area contributed by atoms with Gasteiger partial charge in [0.1, 0.15) is 5.75 Å². The summed E-state index contributed by atoms with van der Waals surface area (Å²) in [5.74, 6) is -0.437. The number of urea groups is 1. The predicted octanol–water partition coefficient (Wildman–Crippen LogP) is 0.869. The van der Waals surface area contributed by atoms with Crippen LogP contribution in [0.2, 0.25) is 0 Å². The number of ketones is 1. The molecule has 0 aliphatic heterocycles. The fraction of sp³-hybridized carbons (Fsp3) is 0.333. The summed E-state index contributed by atoms with van der Waals surface area (Å²) in [5, 5.41) is 1.78. The number of carbonyl (C=O) groups excluding carboxylic acids is 4. The first-order valence-corrected chi connectivity index (χ1v) is 7.99. The summed E-state index contributed by atoms with van der Waals surface area (Å²) < 4.78 is 9.91. The van der Waals surface area contributed by atoms with Crippen LogP contribution in [0, 0.1) is 0 Å². The van der Waals surface area contributed by atoms with Crippen LogP contribution in [0.4, 0.5) is 4.79 Å². The molecule has 0 aliphatic carbocycles. The number of benzene rings is 1. The van der Waals surface area contributed by atoms with Crippen molar-refractivity contribution in [3.63, 3.8) is 0 Å². The summed E-state index contributed by atoms with van der Waals surface area (Å²) >= 11 is 1.24. The molecule has 3 amide bonds. The molecule has 0 heterocycles. The summed E-state index contributed by atoms with van der Waals surface area (Å²) in [4.78, 5) is 44.5. The zero-order valence-corrected chi connectivity index (χ0v) is 14.1. The van der Waals surface area contributed by atoms with Crippen LogP contribution < -0.4 is 15.8 Å². The number of nitrogens with two attached hydrogens (primary N) is 1. The average Bonchev–Trinajstić information content (AvgIpc) is 2.52. The Morgan fingerprint density at radius 3 is 2.54 bits per heavy atom. The molecule has 0 bridgehead atoms. The van der Waals surface area contributed by atoms with Gasteiger partial charge in [-0.3, -0.25) is 19.7 Å². The van der Waals surface area contributed by atoms with Crippen LogP contribution in [0.25, 0.3) is 0 Å². The summed E-state index contributed by atoms with van der Waals surface area (Å²) in [6.45, 7) is 0.888. The second-order valence-electron chi connectivity index (χ2n) is 4.65. The van der Waals surface area contributed by atoms with Crippen molar-refractivity contribution in [1.29, 1.82) is 0 Å². The van der Waals surface area contributed by atoms with Gasteiger partial charge >= 0.3 is 12.0 Å². The van der Waals surface area contributed by atoms with Crippen LogP contribution in [0.1, 0.15) is 22.8 Å². The number of hydrogen-bond donors (Lipinski definition) is 2. The second-order valence-corrected chi connectivity index (χ2v) is 5.63.